The summed E-state index contributed by atoms with van der Waals surface area (Å²) in [5, 5.41) is 3.62. The topological polar surface area (TPSA) is 79.4 Å². The number of aromatic nitrogens is 1. The highest BCUT2D eigenvalue weighted by molar-refractivity contribution is 7.89. The predicted molar refractivity (Wildman–Crippen MR) is 89.8 cm³/mol. The zero-order chi connectivity index (χ0) is 16.8. The first-order valence-corrected chi connectivity index (χ1v) is 9.60. The molecule has 4 rings (SSSR count). The van der Waals surface area contributed by atoms with Gasteiger partial charge in [0.15, 0.2) is 0 Å². The number of nitrogens with one attached hydrogen (secondary N) is 1. The van der Waals surface area contributed by atoms with Gasteiger partial charge in [-0.15, -0.1) is 0 Å². The number of carbonyl (C=O) groups is 1. The van der Waals surface area contributed by atoms with Crippen molar-refractivity contribution in [1.82, 2.24) is 14.6 Å². The number of hydrogen-bond donors (Lipinski definition) is 1. The van der Waals surface area contributed by atoms with Crippen LogP contribution in [0.15, 0.2) is 41.4 Å². The number of benzene rings is 1. The first kappa shape index (κ1) is 15.5. The Hall–Kier alpha value is -1.99. The Labute approximate surface area is 140 Å². The lowest BCUT2D eigenvalue weighted by Gasteiger charge is -2.43. The molecule has 1 amide bonds. The predicted octanol–water partition coefficient (Wildman–Crippen LogP) is 1.67. The minimum Gasteiger partial charge on any atom is -0.353 e. The van der Waals surface area contributed by atoms with Crippen LogP contribution >= 0.6 is 0 Å². The number of rotatable bonds is 2. The van der Waals surface area contributed by atoms with E-state index in [4.69, 9.17) is 0 Å². The van der Waals surface area contributed by atoms with E-state index in [1.54, 1.807) is 24.4 Å². The Balaban J connectivity index is 1.87. The fourth-order valence-corrected chi connectivity index (χ4v) is 5.85. The molecule has 1 spiro atoms. The second-order valence-electron chi connectivity index (χ2n) is 6.55. The second-order valence-corrected chi connectivity index (χ2v) is 8.38. The zero-order valence-electron chi connectivity index (χ0n) is 13.2. The van der Waals surface area contributed by atoms with Crippen molar-refractivity contribution in [2.45, 2.75) is 36.1 Å². The van der Waals surface area contributed by atoms with E-state index in [1.807, 2.05) is 12.1 Å². The smallest absolute Gasteiger partial charge is 0.246 e. The van der Waals surface area contributed by atoms with Crippen LogP contribution in [0.25, 0.3) is 10.9 Å². The molecule has 1 N–H and O–H groups in total. The molecular weight excluding hydrogens is 326 g/mol. The van der Waals surface area contributed by atoms with Crippen LogP contribution < -0.4 is 5.32 Å². The SMILES string of the molecule is O=C1CN(S(=O)(=O)c2cccc3cccnc23)C2(CCCC2)CN1. The van der Waals surface area contributed by atoms with Crippen LogP contribution in [0.4, 0.5) is 0 Å². The Morgan fingerprint density at radius 2 is 1.88 bits per heavy atom. The van der Waals surface area contributed by atoms with Crippen LogP contribution in [0.5, 0.6) is 0 Å². The summed E-state index contributed by atoms with van der Waals surface area (Å²) in [5.74, 6) is -0.246. The number of sulfonamides is 1. The lowest BCUT2D eigenvalue weighted by molar-refractivity contribution is -0.125. The second kappa shape index (κ2) is 5.53. The molecule has 0 atom stereocenters. The zero-order valence-corrected chi connectivity index (χ0v) is 14.1. The Bertz CT molecular complexity index is 899. The van der Waals surface area contributed by atoms with Crippen molar-refractivity contribution < 1.29 is 13.2 Å². The molecule has 24 heavy (non-hydrogen) atoms. The summed E-state index contributed by atoms with van der Waals surface area (Å²) in [5.41, 5.74) is -0.0388. The lowest BCUT2D eigenvalue weighted by Crippen LogP contribution is -2.63. The quantitative estimate of drug-likeness (QED) is 0.898. The van der Waals surface area contributed by atoms with Crippen molar-refractivity contribution in [1.29, 1.82) is 0 Å². The van der Waals surface area contributed by atoms with Gasteiger partial charge in [-0.3, -0.25) is 9.78 Å². The fraction of sp³-hybridized carbons (Fsp3) is 0.412. The summed E-state index contributed by atoms with van der Waals surface area (Å²) in [6.45, 7) is 0.273. The Morgan fingerprint density at radius 1 is 1.12 bits per heavy atom. The average Bonchev–Trinajstić information content (AvgIpc) is 3.06. The molecule has 1 aromatic heterocycles. The Morgan fingerprint density at radius 3 is 2.67 bits per heavy atom. The van der Waals surface area contributed by atoms with Gasteiger partial charge in [0.05, 0.1) is 17.6 Å². The monoisotopic (exact) mass is 345 g/mol. The summed E-state index contributed by atoms with van der Waals surface area (Å²) in [6, 6.07) is 8.78. The van der Waals surface area contributed by atoms with Crippen LogP contribution in [-0.4, -0.2) is 42.2 Å². The van der Waals surface area contributed by atoms with E-state index >= 15 is 0 Å². The van der Waals surface area contributed by atoms with Gasteiger partial charge in [0.2, 0.25) is 15.9 Å². The van der Waals surface area contributed by atoms with Gasteiger partial charge >= 0.3 is 0 Å². The average molecular weight is 345 g/mol. The molecule has 0 radical (unpaired) electrons. The van der Waals surface area contributed by atoms with Crippen molar-refractivity contribution in [2.75, 3.05) is 13.1 Å². The van der Waals surface area contributed by atoms with Gasteiger partial charge in [0.25, 0.3) is 0 Å². The normalized spacial score (nSPS) is 21.2. The highest BCUT2D eigenvalue weighted by Gasteiger charge is 2.49. The number of piperazine rings is 1. The standard InChI is InChI=1S/C17H19N3O3S/c21-15-11-20(17(12-19-15)8-1-2-9-17)24(22,23)14-7-3-5-13-6-4-10-18-16(13)14/h3-7,10H,1-2,8-9,11-12H2,(H,19,21). The molecule has 2 aliphatic rings. The van der Waals surface area contributed by atoms with E-state index in [9.17, 15) is 13.2 Å². The maximum Gasteiger partial charge on any atom is 0.246 e. The van der Waals surface area contributed by atoms with Crippen LogP contribution in [0.3, 0.4) is 0 Å². The van der Waals surface area contributed by atoms with Gasteiger partial charge in [-0.2, -0.15) is 4.31 Å². The molecule has 0 bridgehead atoms. The molecule has 1 aliphatic heterocycles. The largest absolute Gasteiger partial charge is 0.353 e. The summed E-state index contributed by atoms with van der Waals surface area (Å²) < 4.78 is 28.3. The van der Waals surface area contributed by atoms with Crippen molar-refractivity contribution in [3.63, 3.8) is 0 Å². The van der Waals surface area contributed by atoms with Gasteiger partial charge in [-0.05, 0) is 25.0 Å². The molecular formula is C17H19N3O3S. The summed E-state index contributed by atoms with van der Waals surface area (Å²) in [6.07, 6.45) is 5.12. The van der Waals surface area contributed by atoms with Crippen LogP contribution in [0.2, 0.25) is 0 Å². The number of fused-ring (bicyclic) bond motifs is 1. The minimum absolute atomic E-state index is 0.119. The van der Waals surface area contributed by atoms with E-state index < -0.39 is 15.6 Å². The molecule has 2 aromatic rings. The number of hydrogen-bond acceptors (Lipinski definition) is 4. The number of para-hydroxylation sites is 1. The first-order valence-electron chi connectivity index (χ1n) is 8.16. The molecule has 6 nitrogen and oxygen atoms in total. The van der Waals surface area contributed by atoms with E-state index in [2.05, 4.69) is 10.3 Å². The fourth-order valence-electron chi connectivity index (χ4n) is 3.91. The van der Waals surface area contributed by atoms with Crippen LogP contribution in [0.1, 0.15) is 25.7 Å². The molecule has 126 valence electrons. The summed E-state index contributed by atoms with van der Waals surface area (Å²) in [7, 11) is -3.80. The van der Waals surface area contributed by atoms with Crippen molar-refractivity contribution in [3.05, 3.63) is 36.5 Å². The van der Waals surface area contributed by atoms with Gasteiger partial charge in [-0.25, -0.2) is 8.42 Å². The third-order valence-electron chi connectivity index (χ3n) is 5.13. The molecule has 7 heteroatoms. The van der Waals surface area contributed by atoms with Crippen molar-refractivity contribution in [2.24, 2.45) is 0 Å². The maximum absolute atomic E-state index is 13.4. The number of pyridine rings is 1. The molecule has 1 aromatic carbocycles. The third kappa shape index (κ3) is 2.31. The molecule has 0 unspecified atom stereocenters. The van der Waals surface area contributed by atoms with Crippen LogP contribution in [-0.2, 0) is 14.8 Å². The van der Waals surface area contributed by atoms with E-state index in [0.717, 1.165) is 31.1 Å². The number of carbonyl (C=O) groups excluding carboxylic acids is 1. The van der Waals surface area contributed by atoms with Gasteiger partial charge in [0, 0.05) is 18.1 Å². The molecule has 1 saturated heterocycles. The van der Waals surface area contributed by atoms with E-state index in [1.165, 1.54) is 4.31 Å². The highest BCUT2D eigenvalue weighted by Crippen LogP contribution is 2.40. The van der Waals surface area contributed by atoms with Crippen molar-refractivity contribution >= 4 is 26.8 Å². The first-order chi connectivity index (χ1) is 11.5. The van der Waals surface area contributed by atoms with E-state index in [0.29, 0.717) is 12.1 Å². The maximum atomic E-state index is 13.4. The highest BCUT2D eigenvalue weighted by atomic mass is 32.2. The van der Waals surface area contributed by atoms with Gasteiger partial charge in [0.1, 0.15) is 4.90 Å². The van der Waals surface area contributed by atoms with Gasteiger partial charge < -0.3 is 5.32 Å². The molecule has 1 saturated carbocycles. The minimum atomic E-state index is -3.80. The Kier molecular flexibility index (Phi) is 3.58. The van der Waals surface area contributed by atoms with E-state index in [-0.39, 0.29) is 17.3 Å². The number of nitrogens with zero attached hydrogens (tertiary/aromatic N) is 2. The molecule has 2 fully saturated rings. The number of amides is 1. The molecule has 2 heterocycles. The summed E-state index contributed by atoms with van der Waals surface area (Å²) in [4.78, 5) is 16.4. The van der Waals surface area contributed by atoms with Crippen LogP contribution in [0, 0.1) is 0 Å². The summed E-state index contributed by atoms with van der Waals surface area (Å²) >= 11 is 0. The third-order valence-corrected chi connectivity index (χ3v) is 7.11. The molecule has 1 aliphatic carbocycles. The lowest BCUT2D eigenvalue weighted by atomic mass is 9.95. The van der Waals surface area contributed by atoms with Crippen molar-refractivity contribution in [3.8, 4) is 0 Å². The van der Waals surface area contributed by atoms with Gasteiger partial charge in [-0.1, -0.05) is 31.0 Å².